The van der Waals surface area contributed by atoms with Crippen molar-refractivity contribution in [2.24, 2.45) is 0 Å². The summed E-state index contributed by atoms with van der Waals surface area (Å²) in [5, 5.41) is 5.86. The van der Waals surface area contributed by atoms with Gasteiger partial charge in [-0.15, -0.1) is 0 Å². The molecule has 1 atom stereocenters. The van der Waals surface area contributed by atoms with Gasteiger partial charge in [0.25, 0.3) is 5.91 Å². The van der Waals surface area contributed by atoms with Crippen molar-refractivity contribution in [2.75, 3.05) is 25.0 Å². The van der Waals surface area contributed by atoms with Crippen molar-refractivity contribution in [3.05, 3.63) is 84.4 Å². The number of anilines is 1. The van der Waals surface area contributed by atoms with Crippen LogP contribution in [0.1, 0.15) is 37.6 Å². The van der Waals surface area contributed by atoms with Gasteiger partial charge in [-0.2, -0.15) is 4.72 Å². The first-order valence-electron chi connectivity index (χ1n) is 13.5. The van der Waals surface area contributed by atoms with Gasteiger partial charge in [0.05, 0.1) is 22.5 Å². The maximum Gasteiger partial charge on any atom is 0.326 e. The topological polar surface area (TPSA) is 152 Å². The molecule has 12 heteroatoms. The van der Waals surface area contributed by atoms with Crippen LogP contribution in [0, 0.1) is 0 Å². The SMILES string of the molecule is CC(C)(C)OC(=O)C(CNC(=O)c1ccc(OCCCNc2nc3ccccc3[nH]2)cc1)NS(=O)(=O)c1ccccc1. The number of imidazole rings is 1. The van der Waals surface area contributed by atoms with Gasteiger partial charge in [-0.05, 0) is 75.7 Å². The van der Waals surface area contributed by atoms with Gasteiger partial charge in [-0.25, -0.2) is 13.4 Å². The van der Waals surface area contributed by atoms with Crippen molar-refractivity contribution in [3.63, 3.8) is 0 Å². The Bertz CT molecular complexity index is 1570. The van der Waals surface area contributed by atoms with Crippen molar-refractivity contribution in [1.82, 2.24) is 20.0 Å². The summed E-state index contributed by atoms with van der Waals surface area (Å²) in [5.41, 5.74) is 1.34. The zero-order valence-corrected chi connectivity index (χ0v) is 24.5. The van der Waals surface area contributed by atoms with Crippen LogP contribution in [0.25, 0.3) is 11.0 Å². The number of hydrogen-bond acceptors (Lipinski definition) is 8. The van der Waals surface area contributed by atoms with E-state index >= 15 is 0 Å². The highest BCUT2D eigenvalue weighted by molar-refractivity contribution is 7.89. The van der Waals surface area contributed by atoms with E-state index in [1.54, 1.807) is 63.2 Å². The van der Waals surface area contributed by atoms with E-state index in [2.05, 4.69) is 25.3 Å². The fourth-order valence-corrected chi connectivity index (χ4v) is 5.11. The van der Waals surface area contributed by atoms with Gasteiger partial charge >= 0.3 is 5.97 Å². The molecule has 11 nitrogen and oxygen atoms in total. The molecule has 0 spiro atoms. The summed E-state index contributed by atoms with van der Waals surface area (Å²) in [5.74, 6) is 0.01000. The molecule has 1 unspecified atom stereocenters. The molecular weight excluding hydrogens is 558 g/mol. The van der Waals surface area contributed by atoms with Crippen LogP contribution in [0.5, 0.6) is 5.75 Å². The van der Waals surface area contributed by atoms with Crippen LogP contribution < -0.4 is 20.1 Å². The molecule has 4 aromatic rings. The number of aromatic nitrogens is 2. The summed E-state index contributed by atoms with van der Waals surface area (Å²) in [6.45, 7) is 5.83. The molecule has 0 fully saturated rings. The second kappa shape index (κ2) is 13.5. The standard InChI is InChI=1S/C30H35N5O6S/c1-30(2,3)41-28(37)26(35-42(38,39)23-10-5-4-6-11-23)20-32-27(36)21-14-16-22(17-15-21)40-19-9-18-31-29-33-24-12-7-8-13-25(24)34-29/h4-8,10-17,26,35H,9,18-20H2,1-3H3,(H,32,36)(H2,31,33,34). The molecular formula is C30H35N5O6S. The van der Waals surface area contributed by atoms with E-state index in [-0.39, 0.29) is 11.4 Å². The van der Waals surface area contributed by atoms with Gasteiger partial charge in [0, 0.05) is 18.7 Å². The minimum atomic E-state index is -4.04. The van der Waals surface area contributed by atoms with Gasteiger partial charge in [-0.1, -0.05) is 30.3 Å². The lowest BCUT2D eigenvalue weighted by Crippen LogP contribution is -2.50. The van der Waals surface area contributed by atoms with Crippen LogP contribution in [0.4, 0.5) is 5.95 Å². The lowest BCUT2D eigenvalue weighted by atomic mass is 10.2. The summed E-state index contributed by atoms with van der Waals surface area (Å²) in [7, 11) is -4.04. The van der Waals surface area contributed by atoms with Crippen molar-refractivity contribution in [3.8, 4) is 5.75 Å². The molecule has 42 heavy (non-hydrogen) atoms. The molecule has 1 heterocycles. The number of nitrogens with one attached hydrogen (secondary N) is 4. The third kappa shape index (κ3) is 8.79. The summed E-state index contributed by atoms with van der Waals surface area (Å²) in [6.07, 6.45) is 0.726. The van der Waals surface area contributed by atoms with E-state index in [1.807, 2.05) is 24.3 Å². The highest BCUT2D eigenvalue weighted by atomic mass is 32.2. The quantitative estimate of drug-likeness (QED) is 0.135. The molecule has 3 aromatic carbocycles. The first-order chi connectivity index (χ1) is 20.0. The summed E-state index contributed by atoms with van der Waals surface area (Å²) in [6, 6.07) is 20.6. The minimum Gasteiger partial charge on any atom is -0.494 e. The van der Waals surface area contributed by atoms with Crippen LogP contribution in [-0.4, -0.2) is 61.6 Å². The molecule has 4 rings (SSSR count). The Hall–Kier alpha value is -4.42. The molecule has 0 saturated carbocycles. The van der Waals surface area contributed by atoms with Crippen LogP contribution in [0.2, 0.25) is 0 Å². The molecule has 0 aliphatic heterocycles. The number of nitrogens with zero attached hydrogens (tertiary/aromatic N) is 1. The molecule has 0 aliphatic rings. The number of aromatic amines is 1. The van der Waals surface area contributed by atoms with Crippen molar-refractivity contribution >= 4 is 38.9 Å². The van der Waals surface area contributed by atoms with E-state index in [4.69, 9.17) is 9.47 Å². The Morgan fingerprint density at radius 3 is 2.33 bits per heavy atom. The Kier molecular flexibility index (Phi) is 9.81. The number of fused-ring (bicyclic) bond motifs is 1. The van der Waals surface area contributed by atoms with Gasteiger partial charge in [0.15, 0.2) is 0 Å². The second-order valence-corrected chi connectivity index (χ2v) is 12.2. The average molecular weight is 594 g/mol. The zero-order valence-electron chi connectivity index (χ0n) is 23.7. The highest BCUT2D eigenvalue weighted by Gasteiger charge is 2.30. The Morgan fingerprint density at radius 2 is 1.64 bits per heavy atom. The summed E-state index contributed by atoms with van der Waals surface area (Å²) >= 11 is 0. The second-order valence-electron chi connectivity index (χ2n) is 10.5. The molecule has 1 aromatic heterocycles. The lowest BCUT2D eigenvalue weighted by Gasteiger charge is -2.24. The molecule has 0 aliphatic carbocycles. The first-order valence-corrected chi connectivity index (χ1v) is 15.0. The van der Waals surface area contributed by atoms with Crippen LogP contribution in [-0.2, 0) is 19.6 Å². The van der Waals surface area contributed by atoms with Gasteiger partial charge in [0.1, 0.15) is 17.4 Å². The average Bonchev–Trinajstić information content (AvgIpc) is 3.38. The summed E-state index contributed by atoms with van der Waals surface area (Å²) in [4.78, 5) is 33.3. The number of amides is 1. The van der Waals surface area contributed by atoms with Crippen molar-refractivity contribution in [1.29, 1.82) is 0 Å². The number of H-pyrrole nitrogens is 1. The van der Waals surface area contributed by atoms with Gasteiger partial charge in [-0.3, -0.25) is 9.59 Å². The number of benzene rings is 3. The predicted molar refractivity (Wildman–Crippen MR) is 160 cm³/mol. The maximum atomic E-state index is 12.8. The number of ether oxygens (including phenoxy) is 2. The molecule has 4 N–H and O–H groups in total. The first kappa shape index (κ1) is 30.5. The number of rotatable bonds is 13. The van der Waals surface area contributed by atoms with E-state index in [0.29, 0.717) is 30.4 Å². The number of carbonyl (C=O) groups excluding carboxylic acids is 2. The van der Waals surface area contributed by atoms with Crippen LogP contribution >= 0.6 is 0 Å². The van der Waals surface area contributed by atoms with E-state index in [9.17, 15) is 18.0 Å². The number of para-hydroxylation sites is 2. The Balaban J connectivity index is 1.27. The monoisotopic (exact) mass is 593 g/mol. The van der Waals surface area contributed by atoms with Gasteiger partial charge in [0.2, 0.25) is 16.0 Å². The smallest absolute Gasteiger partial charge is 0.326 e. The third-order valence-electron chi connectivity index (χ3n) is 5.90. The highest BCUT2D eigenvalue weighted by Crippen LogP contribution is 2.15. The maximum absolute atomic E-state index is 12.8. The van der Waals surface area contributed by atoms with Gasteiger partial charge < -0.3 is 25.1 Å². The molecule has 0 radical (unpaired) electrons. The number of carbonyl (C=O) groups is 2. The molecule has 1 amide bonds. The number of esters is 1. The zero-order chi connectivity index (χ0) is 30.2. The molecule has 222 valence electrons. The minimum absolute atomic E-state index is 0.00853. The normalized spacial score (nSPS) is 12.5. The van der Waals surface area contributed by atoms with E-state index < -0.39 is 33.5 Å². The largest absolute Gasteiger partial charge is 0.494 e. The summed E-state index contributed by atoms with van der Waals surface area (Å²) < 4.78 is 39.2. The van der Waals surface area contributed by atoms with Crippen molar-refractivity contribution < 1.29 is 27.5 Å². The molecule has 0 bridgehead atoms. The number of hydrogen-bond donors (Lipinski definition) is 4. The fraction of sp³-hybridized carbons (Fsp3) is 0.300. The third-order valence-corrected chi connectivity index (χ3v) is 7.38. The lowest BCUT2D eigenvalue weighted by molar-refractivity contribution is -0.156. The molecule has 0 saturated heterocycles. The van der Waals surface area contributed by atoms with Crippen molar-refractivity contribution in [2.45, 2.75) is 43.7 Å². The van der Waals surface area contributed by atoms with Crippen LogP contribution in [0.15, 0.2) is 83.8 Å². The predicted octanol–water partition coefficient (Wildman–Crippen LogP) is 3.86. The van der Waals surface area contributed by atoms with E-state index in [0.717, 1.165) is 17.5 Å². The van der Waals surface area contributed by atoms with E-state index in [1.165, 1.54) is 12.1 Å². The Morgan fingerprint density at radius 1 is 0.952 bits per heavy atom. The Labute approximate surface area is 245 Å². The number of sulfonamides is 1. The fourth-order valence-electron chi connectivity index (χ4n) is 3.91. The van der Waals surface area contributed by atoms with Crippen LogP contribution in [0.3, 0.4) is 0 Å².